The molecule has 17 heavy (non-hydrogen) atoms. The van der Waals surface area contributed by atoms with E-state index in [0.717, 1.165) is 6.42 Å². The van der Waals surface area contributed by atoms with Crippen LogP contribution in [0.3, 0.4) is 0 Å². The minimum Gasteiger partial charge on any atom is -0.481 e. The van der Waals surface area contributed by atoms with Crippen molar-refractivity contribution < 1.29 is 14.7 Å². The molecule has 5 nitrogen and oxygen atoms in total. The number of nitrogens with two attached hydrogens (primary N) is 1. The predicted octanol–water partition coefficient (Wildman–Crippen LogP) is 0.977. The van der Waals surface area contributed by atoms with Crippen LogP contribution in [-0.4, -0.2) is 29.6 Å². The number of carboxylic acid groups (broad SMARTS) is 1. The van der Waals surface area contributed by atoms with E-state index in [1.165, 1.54) is 0 Å². The van der Waals surface area contributed by atoms with Crippen molar-refractivity contribution in [1.82, 2.24) is 5.32 Å². The Balaban J connectivity index is 4.18. The van der Waals surface area contributed by atoms with E-state index in [2.05, 4.69) is 5.32 Å². The van der Waals surface area contributed by atoms with Crippen molar-refractivity contribution in [3.63, 3.8) is 0 Å². The van der Waals surface area contributed by atoms with Gasteiger partial charge < -0.3 is 16.2 Å². The van der Waals surface area contributed by atoms with Gasteiger partial charge in [0.05, 0.1) is 6.04 Å². The molecule has 0 saturated heterocycles. The molecule has 0 aromatic carbocycles. The summed E-state index contributed by atoms with van der Waals surface area (Å²) in [6.07, 6.45) is 0.791. The number of hydrogen-bond donors (Lipinski definition) is 3. The van der Waals surface area contributed by atoms with Crippen molar-refractivity contribution in [3.8, 4) is 0 Å². The molecule has 0 fully saturated rings. The molecule has 0 aromatic heterocycles. The molecule has 0 aromatic rings. The van der Waals surface area contributed by atoms with Crippen molar-refractivity contribution >= 4 is 11.9 Å². The second-order valence-electron chi connectivity index (χ2n) is 5.46. The zero-order valence-electron chi connectivity index (χ0n) is 11.1. The smallest absolute Gasteiger partial charge is 0.303 e. The van der Waals surface area contributed by atoms with Crippen molar-refractivity contribution in [2.45, 2.75) is 46.6 Å². The molecule has 4 N–H and O–H groups in total. The molecule has 0 heterocycles. The summed E-state index contributed by atoms with van der Waals surface area (Å²) in [6, 6.07) is -0.579. The van der Waals surface area contributed by atoms with Crippen LogP contribution in [0.2, 0.25) is 0 Å². The molecule has 0 rings (SSSR count). The summed E-state index contributed by atoms with van der Waals surface area (Å²) in [7, 11) is 0. The van der Waals surface area contributed by atoms with Crippen LogP contribution in [0.5, 0.6) is 0 Å². The standard InChI is InChI=1S/C12H24N2O3/c1-5-8(6-9(15)16)7-14-11(17)10(13)12(2,3)4/h8,10H,5-7,13H2,1-4H3,(H,14,17)(H,15,16). The van der Waals surface area contributed by atoms with E-state index in [4.69, 9.17) is 10.8 Å². The molecule has 0 bridgehead atoms. The summed E-state index contributed by atoms with van der Waals surface area (Å²) in [6.45, 7) is 7.96. The second-order valence-corrected chi connectivity index (χ2v) is 5.46. The monoisotopic (exact) mass is 244 g/mol. The van der Waals surface area contributed by atoms with Crippen LogP contribution in [-0.2, 0) is 9.59 Å². The van der Waals surface area contributed by atoms with Gasteiger partial charge in [0.25, 0.3) is 0 Å². The Labute approximate surface area is 103 Å². The van der Waals surface area contributed by atoms with E-state index in [1.807, 2.05) is 27.7 Å². The Kier molecular flexibility index (Phi) is 6.16. The number of hydrogen-bond acceptors (Lipinski definition) is 3. The Bertz CT molecular complexity index is 271. The molecule has 1 amide bonds. The Hall–Kier alpha value is -1.10. The maximum Gasteiger partial charge on any atom is 0.303 e. The highest BCUT2D eigenvalue weighted by Gasteiger charge is 2.27. The average molecular weight is 244 g/mol. The highest BCUT2D eigenvalue weighted by atomic mass is 16.4. The molecule has 2 atom stereocenters. The van der Waals surface area contributed by atoms with E-state index in [9.17, 15) is 9.59 Å². The maximum absolute atomic E-state index is 11.7. The van der Waals surface area contributed by atoms with Gasteiger partial charge in [0.15, 0.2) is 0 Å². The van der Waals surface area contributed by atoms with Crippen LogP contribution < -0.4 is 11.1 Å². The predicted molar refractivity (Wildman–Crippen MR) is 66.5 cm³/mol. The van der Waals surface area contributed by atoms with E-state index in [-0.39, 0.29) is 23.7 Å². The molecule has 100 valence electrons. The van der Waals surface area contributed by atoms with Gasteiger partial charge in [-0.1, -0.05) is 34.1 Å². The molecule has 2 unspecified atom stereocenters. The maximum atomic E-state index is 11.7. The number of nitrogens with one attached hydrogen (secondary N) is 1. The van der Waals surface area contributed by atoms with Gasteiger partial charge in [0, 0.05) is 13.0 Å². The zero-order valence-corrected chi connectivity index (χ0v) is 11.1. The van der Waals surface area contributed by atoms with Gasteiger partial charge in [-0.2, -0.15) is 0 Å². The van der Waals surface area contributed by atoms with E-state index < -0.39 is 12.0 Å². The van der Waals surface area contributed by atoms with Crippen LogP contribution in [0, 0.1) is 11.3 Å². The third kappa shape index (κ3) is 6.26. The van der Waals surface area contributed by atoms with E-state index in [1.54, 1.807) is 0 Å². The van der Waals surface area contributed by atoms with Gasteiger partial charge in [0.1, 0.15) is 0 Å². The van der Waals surface area contributed by atoms with Crippen molar-refractivity contribution in [2.24, 2.45) is 17.1 Å². The van der Waals surface area contributed by atoms with Gasteiger partial charge in [0.2, 0.25) is 5.91 Å². The minimum atomic E-state index is -0.841. The van der Waals surface area contributed by atoms with Gasteiger partial charge in [-0.05, 0) is 11.3 Å². The summed E-state index contributed by atoms with van der Waals surface area (Å²) >= 11 is 0. The number of carbonyl (C=O) groups is 2. The average Bonchev–Trinajstić information content (AvgIpc) is 2.20. The first kappa shape index (κ1) is 15.9. The van der Waals surface area contributed by atoms with Crippen molar-refractivity contribution in [3.05, 3.63) is 0 Å². The molecule has 0 radical (unpaired) electrons. The van der Waals surface area contributed by atoms with E-state index >= 15 is 0 Å². The topological polar surface area (TPSA) is 92.4 Å². The lowest BCUT2D eigenvalue weighted by Gasteiger charge is -2.26. The lowest BCUT2D eigenvalue weighted by Crippen LogP contribution is -2.49. The summed E-state index contributed by atoms with van der Waals surface area (Å²) in [5.74, 6) is -1.10. The summed E-state index contributed by atoms with van der Waals surface area (Å²) in [5.41, 5.74) is 5.50. The number of rotatable bonds is 6. The van der Waals surface area contributed by atoms with Crippen LogP contribution in [0.1, 0.15) is 40.5 Å². The fraction of sp³-hybridized carbons (Fsp3) is 0.833. The highest BCUT2D eigenvalue weighted by molar-refractivity contribution is 5.82. The first-order valence-electron chi connectivity index (χ1n) is 5.93. The quantitative estimate of drug-likeness (QED) is 0.649. The molecular weight excluding hydrogens is 220 g/mol. The number of amides is 1. The van der Waals surface area contributed by atoms with Gasteiger partial charge >= 0.3 is 5.97 Å². The van der Waals surface area contributed by atoms with Crippen LogP contribution in [0.25, 0.3) is 0 Å². The number of carboxylic acids is 1. The fourth-order valence-electron chi connectivity index (χ4n) is 1.36. The van der Waals surface area contributed by atoms with Crippen molar-refractivity contribution in [2.75, 3.05) is 6.54 Å². The first-order valence-corrected chi connectivity index (χ1v) is 5.93. The normalized spacial score (nSPS) is 15.1. The third-order valence-corrected chi connectivity index (χ3v) is 2.82. The van der Waals surface area contributed by atoms with Gasteiger partial charge in [-0.25, -0.2) is 0 Å². The first-order chi connectivity index (χ1) is 7.68. The van der Waals surface area contributed by atoms with Gasteiger partial charge in [-0.15, -0.1) is 0 Å². The van der Waals surface area contributed by atoms with Crippen molar-refractivity contribution in [1.29, 1.82) is 0 Å². The largest absolute Gasteiger partial charge is 0.481 e. The molecule has 0 aliphatic rings. The van der Waals surface area contributed by atoms with Crippen LogP contribution in [0.15, 0.2) is 0 Å². The third-order valence-electron chi connectivity index (χ3n) is 2.82. The minimum absolute atomic E-state index is 0.0383. The summed E-state index contributed by atoms with van der Waals surface area (Å²) < 4.78 is 0. The van der Waals surface area contributed by atoms with Crippen LogP contribution >= 0.6 is 0 Å². The zero-order chi connectivity index (χ0) is 13.6. The molecule has 0 aliphatic heterocycles. The SMILES string of the molecule is CCC(CNC(=O)C(N)C(C)(C)C)CC(=O)O. The number of aliphatic carboxylic acids is 1. The second kappa shape index (κ2) is 6.59. The Morgan fingerprint density at radius 3 is 2.24 bits per heavy atom. The molecule has 0 saturated carbocycles. The fourth-order valence-corrected chi connectivity index (χ4v) is 1.36. The lowest BCUT2D eigenvalue weighted by molar-refractivity contribution is -0.138. The Morgan fingerprint density at radius 1 is 1.35 bits per heavy atom. The summed E-state index contributed by atoms with van der Waals surface area (Å²) in [5, 5.41) is 11.4. The number of carbonyl (C=O) groups excluding carboxylic acids is 1. The Morgan fingerprint density at radius 2 is 1.88 bits per heavy atom. The molecular formula is C12H24N2O3. The summed E-state index contributed by atoms with van der Waals surface area (Å²) in [4.78, 5) is 22.3. The highest BCUT2D eigenvalue weighted by Crippen LogP contribution is 2.17. The molecule has 5 heteroatoms. The lowest BCUT2D eigenvalue weighted by atomic mass is 9.87. The van der Waals surface area contributed by atoms with Crippen LogP contribution in [0.4, 0.5) is 0 Å². The van der Waals surface area contributed by atoms with Gasteiger partial charge in [-0.3, -0.25) is 9.59 Å². The molecule has 0 spiro atoms. The van der Waals surface area contributed by atoms with E-state index in [0.29, 0.717) is 6.54 Å². The molecule has 0 aliphatic carbocycles.